The van der Waals surface area contributed by atoms with E-state index < -0.39 is 0 Å². The summed E-state index contributed by atoms with van der Waals surface area (Å²) in [6, 6.07) is 9.46. The highest BCUT2D eigenvalue weighted by atomic mass is 16.5. The third-order valence-corrected chi connectivity index (χ3v) is 6.79. The van der Waals surface area contributed by atoms with Crippen molar-refractivity contribution in [1.29, 1.82) is 0 Å². The van der Waals surface area contributed by atoms with Crippen molar-refractivity contribution in [2.24, 2.45) is 5.92 Å². The van der Waals surface area contributed by atoms with E-state index in [2.05, 4.69) is 9.88 Å². The second kappa shape index (κ2) is 10.3. The molecule has 0 radical (unpaired) electrons. The highest BCUT2D eigenvalue weighted by molar-refractivity contribution is 6.16. The van der Waals surface area contributed by atoms with Gasteiger partial charge in [-0.2, -0.15) is 0 Å². The van der Waals surface area contributed by atoms with Crippen LogP contribution in [0, 0.1) is 19.8 Å². The molecule has 1 aliphatic rings. The lowest BCUT2D eigenvalue weighted by atomic mass is 9.93. The number of hydrogen-bond donors (Lipinski definition) is 0. The number of benzene rings is 2. The number of methoxy groups -OCH3 is 2. The molecule has 1 aliphatic heterocycles. The Kier molecular flexibility index (Phi) is 7.24. The van der Waals surface area contributed by atoms with Crippen molar-refractivity contribution in [1.82, 2.24) is 4.98 Å². The van der Waals surface area contributed by atoms with E-state index in [1.165, 1.54) is 0 Å². The van der Waals surface area contributed by atoms with Gasteiger partial charge >= 0.3 is 5.97 Å². The second-order valence-electron chi connectivity index (χ2n) is 8.89. The van der Waals surface area contributed by atoms with Crippen molar-refractivity contribution in [3.63, 3.8) is 0 Å². The Hall–Kier alpha value is -3.61. The van der Waals surface area contributed by atoms with Gasteiger partial charge in [0.1, 0.15) is 0 Å². The van der Waals surface area contributed by atoms with Gasteiger partial charge in [-0.3, -0.25) is 14.6 Å². The molecule has 2 heterocycles. The molecule has 0 saturated carbocycles. The number of carbonyl (C=O) groups excluding carboxylic acids is 2. The Morgan fingerprint density at radius 3 is 2.31 bits per heavy atom. The van der Waals surface area contributed by atoms with Crippen LogP contribution in [0.1, 0.15) is 46.8 Å². The van der Waals surface area contributed by atoms with E-state index in [-0.39, 0.29) is 17.7 Å². The highest BCUT2D eigenvalue weighted by Crippen LogP contribution is 2.39. The smallest absolute Gasteiger partial charge is 0.309 e. The summed E-state index contributed by atoms with van der Waals surface area (Å²) in [7, 11) is 3.17. The second-order valence-corrected chi connectivity index (χ2v) is 8.89. The number of ketones is 1. The predicted octanol–water partition coefficient (Wildman–Crippen LogP) is 4.88. The highest BCUT2D eigenvalue weighted by Gasteiger charge is 2.30. The number of aromatic nitrogens is 1. The number of ether oxygens (including phenoxy) is 3. The molecule has 3 aromatic rings. The molecule has 0 atom stereocenters. The van der Waals surface area contributed by atoms with Crippen LogP contribution in [0.25, 0.3) is 10.9 Å². The third-order valence-electron chi connectivity index (χ3n) is 6.79. The first-order valence-electron chi connectivity index (χ1n) is 12.0. The molecule has 1 fully saturated rings. The van der Waals surface area contributed by atoms with Crippen LogP contribution in [0.5, 0.6) is 11.5 Å². The van der Waals surface area contributed by atoms with E-state index in [1.54, 1.807) is 20.4 Å². The molecule has 7 heteroatoms. The molecule has 0 bridgehead atoms. The van der Waals surface area contributed by atoms with E-state index in [0.29, 0.717) is 60.7 Å². The maximum absolute atomic E-state index is 13.8. The molecule has 7 nitrogen and oxygen atoms in total. The topological polar surface area (TPSA) is 78.0 Å². The normalized spacial score (nSPS) is 14.1. The summed E-state index contributed by atoms with van der Waals surface area (Å²) in [5, 5.41) is 0.812. The molecule has 0 N–H and O–H groups in total. The molecular formula is C28H32N2O5. The Labute approximate surface area is 206 Å². The van der Waals surface area contributed by atoms with Crippen LogP contribution in [0.3, 0.4) is 0 Å². The van der Waals surface area contributed by atoms with Gasteiger partial charge in [0.25, 0.3) is 0 Å². The summed E-state index contributed by atoms with van der Waals surface area (Å²) in [4.78, 5) is 32.8. The van der Waals surface area contributed by atoms with Gasteiger partial charge in [-0.05, 0) is 56.9 Å². The third kappa shape index (κ3) is 4.81. The fourth-order valence-corrected chi connectivity index (χ4v) is 4.65. The van der Waals surface area contributed by atoms with Crippen molar-refractivity contribution < 1.29 is 23.8 Å². The number of piperidine rings is 1. The molecule has 2 aromatic carbocycles. The monoisotopic (exact) mass is 476 g/mol. The molecule has 184 valence electrons. The summed E-state index contributed by atoms with van der Waals surface area (Å²) in [5.74, 6) is 0.783. The van der Waals surface area contributed by atoms with Crippen LogP contribution in [0.4, 0.5) is 5.69 Å². The Balaban J connectivity index is 1.82. The van der Waals surface area contributed by atoms with E-state index >= 15 is 0 Å². The van der Waals surface area contributed by atoms with Crippen LogP contribution >= 0.6 is 0 Å². The lowest BCUT2D eigenvalue weighted by molar-refractivity contribution is -0.148. The standard InChI is InChI=1S/C28H32N2O5/c1-6-35-28(32)19-9-11-30(12-10-19)26-21-14-24(33-4)25(34-5)15-23(21)29-16-22(26)27(31)20-8-7-17(2)18(3)13-20/h7-8,13-16,19H,6,9-12H2,1-5H3. The zero-order valence-corrected chi connectivity index (χ0v) is 21.0. The summed E-state index contributed by atoms with van der Waals surface area (Å²) in [6.07, 6.45) is 2.97. The van der Waals surface area contributed by atoms with E-state index in [4.69, 9.17) is 14.2 Å². The molecule has 1 saturated heterocycles. The summed E-state index contributed by atoms with van der Waals surface area (Å²) in [6.45, 7) is 7.49. The molecule has 4 rings (SSSR count). The molecule has 0 amide bonds. The summed E-state index contributed by atoms with van der Waals surface area (Å²) >= 11 is 0. The number of anilines is 1. The van der Waals surface area contributed by atoms with Crippen molar-refractivity contribution in [2.75, 3.05) is 38.8 Å². The number of carbonyl (C=O) groups is 2. The van der Waals surface area contributed by atoms with Gasteiger partial charge < -0.3 is 19.1 Å². The van der Waals surface area contributed by atoms with Gasteiger partial charge in [0.15, 0.2) is 17.3 Å². The van der Waals surface area contributed by atoms with Crippen LogP contribution < -0.4 is 14.4 Å². The lowest BCUT2D eigenvalue weighted by Crippen LogP contribution is -2.38. The van der Waals surface area contributed by atoms with Gasteiger partial charge in [0.05, 0.1) is 43.5 Å². The number of nitrogens with zero attached hydrogens (tertiary/aromatic N) is 2. The Bertz CT molecular complexity index is 1260. The fourth-order valence-electron chi connectivity index (χ4n) is 4.65. The van der Waals surface area contributed by atoms with Crippen molar-refractivity contribution in [3.05, 3.63) is 58.8 Å². The lowest BCUT2D eigenvalue weighted by Gasteiger charge is -2.34. The molecule has 35 heavy (non-hydrogen) atoms. The largest absolute Gasteiger partial charge is 0.493 e. The minimum atomic E-state index is -0.149. The number of hydrogen-bond acceptors (Lipinski definition) is 7. The first kappa shape index (κ1) is 24.5. The number of rotatable bonds is 7. The average Bonchev–Trinajstić information content (AvgIpc) is 2.88. The zero-order valence-electron chi connectivity index (χ0n) is 21.0. The predicted molar refractivity (Wildman–Crippen MR) is 136 cm³/mol. The molecule has 0 aliphatic carbocycles. The van der Waals surface area contributed by atoms with Gasteiger partial charge in [-0.1, -0.05) is 12.1 Å². The van der Waals surface area contributed by atoms with Crippen LogP contribution in [-0.4, -0.2) is 50.7 Å². The van der Waals surface area contributed by atoms with E-state index in [1.807, 2.05) is 51.1 Å². The number of aryl methyl sites for hydroxylation is 2. The number of fused-ring (bicyclic) bond motifs is 1. The molecule has 1 aromatic heterocycles. The first-order valence-corrected chi connectivity index (χ1v) is 12.0. The maximum atomic E-state index is 13.8. The Morgan fingerprint density at radius 2 is 1.69 bits per heavy atom. The van der Waals surface area contributed by atoms with Crippen LogP contribution in [-0.2, 0) is 9.53 Å². The van der Waals surface area contributed by atoms with Gasteiger partial charge in [-0.15, -0.1) is 0 Å². The zero-order chi connectivity index (χ0) is 25.1. The van der Waals surface area contributed by atoms with Crippen LogP contribution in [0.2, 0.25) is 0 Å². The van der Waals surface area contributed by atoms with Gasteiger partial charge in [0.2, 0.25) is 0 Å². The van der Waals surface area contributed by atoms with Gasteiger partial charge in [-0.25, -0.2) is 0 Å². The number of pyridine rings is 1. The molecule has 0 unspecified atom stereocenters. The number of esters is 1. The SMILES string of the molecule is CCOC(=O)C1CCN(c2c(C(=O)c3ccc(C)c(C)c3)cnc3cc(OC)c(OC)cc23)CC1. The summed E-state index contributed by atoms with van der Waals surface area (Å²) in [5.41, 5.74) is 4.87. The quantitative estimate of drug-likeness (QED) is 0.355. The minimum absolute atomic E-state index is 0.0835. The van der Waals surface area contributed by atoms with E-state index in [9.17, 15) is 9.59 Å². The maximum Gasteiger partial charge on any atom is 0.309 e. The van der Waals surface area contributed by atoms with Crippen molar-refractivity contribution >= 4 is 28.3 Å². The summed E-state index contributed by atoms with van der Waals surface area (Å²) < 4.78 is 16.3. The van der Waals surface area contributed by atoms with Gasteiger partial charge in [0, 0.05) is 36.3 Å². The molecular weight excluding hydrogens is 444 g/mol. The van der Waals surface area contributed by atoms with E-state index in [0.717, 1.165) is 22.2 Å². The average molecular weight is 477 g/mol. The fraction of sp³-hybridized carbons (Fsp3) is 0.393. The Morgan fingerprint density at radius 1 is 1.00 bits per heavy atom. The van der Waals surface area contributed by atoms with Crippen molar-refractivity contribution in [2.45, 2.75) is 33.6 Å². The van der Waals surface area contributed by atoms with Crippen LogP contribution in [0.15, 0.2) is 36.5 Å². The minimum Gasteiger partial charge on any atom is -0.493 e. The van der Waals surface area contributed by atoms with Crippen molar-refractivity contribution in [3.8, 4) is 11.5 Å². The first-order chi connectivity index (χ1) is 16.9. The molecule has 0 spiro atoms.